The maximum absolute atomic E-state index is 11.9. The summed E-state index contributed by atoms with van der Waals surface area (Å²) in [5.41, 5.74) is 4.30. The van der Waals surface area contributed by atoms with Gasteiger partial charge in [-0.3, -0.25) is 0 Å². The molecule has 2 aromatic carbocycles. The summed E-state index contributed by atoms with van der Waals surface area (Å²) >= 11 is -0.130. The van der Waals surface area contributed by atoms with Gasteiger partial charge in [-0.15, -0.1) is 0 Å². The predicted molar refractivity (Wildman–Crippen MR) is 139 cm³/mol. The topological polar surface area (TPSA) is 54.0 Å². The Bertz CT molecular complexity index is 1090. The Hall–Kier alpha value is -2.29. The number of esters is 1. The van der Waals surface area contributed by atoms with Crippen molar-refractivity contribution in [3.8, 4) is 16.5 Å². The second-order valence-corrected chi connectivity index (χ2v) is 11.8. The van der Waals surface area contributed by atoms with Crippen molar-refractivity contribution in [1.82, 2.24) is 0 Å². The number of benzene rings is 2. The molecule has 1 unspecified atom stereocenters. The molecule has 5 nitrogen and oxygen atoms in total. The Labute approximate surface area is 216 Å². The second-order valence-electron chi connectivity index (χ2n) is 9.97. The normalized spacial score (nSPS) is 16.4. The summed E-state index contributed by atoms with van der Waals surface area (Å²) in [6.07, 6.45) is 1.94. The fourth-order valence-corrected chi connectivity index (χ4v) is 5.49. The van der Waals surface area contributed by atoms with E-state index >= 15 is 0 Å². The van der Waals surface area contributed by atoms with E-state index in [1.54, 1.807) is 26.2 Å². The van der Waals surface area contributed by atoms with Crippen molar-refractivity contribution in [3.63, 3.8) is 0 Å². The number of carbonyl (C=O) groups excluding carboxylic acids is 1. The Morgan fingerprint density at radius 3 is 2.29 bits per heavy atom. The van der Waals surface area contributed by atoms with E-state index in [1.165, 1.54) is 11.1 Å². The molecular formula is C29H36O5Se. The van der Waals surface area contributed by atoms with E-state index in [2.05, 4.69) is 50.6 Å². The molecule has 0 radical (unpaired) electrons. The van der Waals surface area contributed by atoms with Gasteiger partial charge >= 0.3 is 216 Å². The van der Waals surface area contributed by atoms with Gasteiger partial charge in [0.15, 0.2) is 0 Å². The first-order valence-electron chi connectivity index (χ1n) is 12.0. The van der Waals surface area contributed by atoms with Crippen LogP contribution < -0.4 is 9.20 Å². The summed E-state index contributed by atoms with van der Waals surface area (Å²) in [6, 6.07) is 11.7. The third-order valence-corrected chi connectivity index (χ3v) is 8.08. The molecule has 0 saturated carbocycles. The predicted octanol–water partition coefficient (Wildman–Crippen LogP) is 4.90. The van der Waals surface area contributed by atoms with E-state index in [4.69, 9.17) is 18.9 Å². The number of hydrogen-bond donors (Lipinski definition) is 0. The molecule has 3 rings (SSSR count). The zero-order valence-electron chi connectivity index (χ0n) is 21.8. The third kappa shape index (κ3) is 6.90. The number of methoxy groups -OCH3 is 1. The molecule has 0 amide bonds. The summed E-state index contributed by atoms with van der Waals surface area (Å²) in [5.74, 6) is 3.74. The maximum atomic E-state index is 11.9. The fourth-order valence-electron chi connectivity index (χ4n) is 4.07. The van der Waals surface area contributed by atoms with Gasteiger partial charge in [-0.2, -0.15) is 0 Å². The van der Waals surface area contributed by atoms with Gasteiger partial charge in [-0.25, -0.2) is 0 Å². The van der Waals surface area contributed by atoms with Crippen LogP contribution in [0, 0.1) is 10.7 Å². The molecule has 35 heavy (non-hydrogen) atoms. The van der Waals surface area contributed by atoms with Crippen molar-refractivity contribution in [2.75, 3.05) is 20.5 Å². The molecule has 0 fully saturated rings. The van der Waals surface area contributed by atoms with Gasteiger partial charge in [0.2, 0.25) is 0 Å². The van der Waals surface area contributed by atoms with Crippen LogP contribution in [0.15, 0.2) is 36.4 Å². The van der Waals surface area contributed by atoms with Crippen molar-refractivity contribution in [2.24, 2.45) is 0 Å². The quantitative estimate of drug-likeness (QED) is 0.205. The van der Waals surface area contributed by atoms with Crippen molar-refractivity contribution < 1.29 is 23.7 Å². The third-order valence-electron chi connectivity index (χ3n) is 6.52. The molecule has 1 aliphatic rings. The van der Waals surface area contributed by atoms with E-state index < -0.39 is 0 Å². The van der Waals surface area contributed by atoms with Crippen LogP contribution in [0.2, 0.25) is 0 Å². The van der Waals surface area contributed by atoms with Crippen LogP contribution in [0.1, 0.15) is 81.4 Å². The number of fused-ring (bicyclic) bond motifs is 1. The van der Waals surface area contributed by atoms with Crippen LogP contribution in [0.4, 0.5) is 0 Å². The molecule has 0 bridgehead atoms. The van der Waals surface area contributed by atoms with E-state index in [-0.39, 0.29) is 44.8 Å². The van der Waals surface area contributed by atoms with Crippen LogP contribution in [0.5, 0.6) is 5.75 Å². The van der Waals surface area contributed by atoms with E-state index in [1.807, 2.05) is 19.1 Å². The molecule has 1 aliphatic carbocycles. The summed E-state index contributed by atoms with van der Waals surface area (Å²) in [5, 5.41) is 0. The Morgan fingerprint density at radius 1 is 1.06 bits per heavy atom. The molecule has 0 aliphatic heterocycles. The van der Waals surface area contributed by atoms with Crippen LogP contribution in [-0.4, -0.2) is 47.7 Å². The number of ether oxygens (including phenoxy) is 4. The van der Waals surface area contributed by atoms with Crippen molar-refractivity contribution in [2.45, 2.75) is 71.5 Å². The van der Waals surface area contributed by atoms with Crippen LogP contribution in [-0.2, 0) is 25.0 Å². The summed E-state index contributed by atoms with van der Waals surface area (Å²) in [6.45, 7) is 13.4. The molecule has 0 aromatic heterocycles. The Kier molecular flexibility index (Phi) is 9.07. The SMILES string of the molecule is CCOC(=O)c1ccc(C#C[Se]c2cc3c(cc2OCOC(C)OC)C(C)(C)CCC3(C)C)cc1. The molecular weight excluding hydrogens is 507 g/mol. The first-order chi connectivity index (χ1) is 16.6. The molecule has 2 aromatic rings. The average molecular weight is 544 g/mol. The zero-order valence-corrected chi connectivity index (χ0v) is 23.5. The number of hydrogen-bond acceptors (Lipinski definition) is 5. The van der Waals surface area contributed by atoms with Gasteiger partial charge in [-0.1, -0.05) is 0 Å². The minimum absolute atomic E-state index is 0.0848. The molecule has 0 heterocycles. The van der Waals surface area contributed by atoms with Gasteiger partial charge in [0.1, 0.15) is 0 Å². The van der Waals surface area contributed by atoms with Gasteiger partial charge < -0.3 is 0 Å². The summed E-state index contributed by atoms with van der Waals surface area (Å²) in [4.78, 5) is 15.2. The van der Waals surface area contributed by atoms with Crippen molar-refractivity contribution in [1.29, 1.82) is 0 Å². The van der Waals surface area contributed by atoms with Gasteiger partial charge in [0.05, 0.1) is 0 Å². The van der Waals surface area contributed by atoms with Gasteiger partial charge in [0.25, 0.3) is 0 Å². The minimum atomic E-state index is -0.339. The zero-order chi connectivity index (χ0) is 25.6. The number of rotatable bonds is 8. The molecule has 0 N–H and O–H groups in total. The first kappa shape index (κ1) is 27.3. The number of carbonyl (C=O) groups is 1. The molecule has 188 valence electrons. The van der Waals surface area contributed by atoms with Crippen LogP contribution >= 0.6 is 0 Å². The average Bonchev–Trinajstić information content (AvgIpc) is 2.83. The summed E-state index contributed by atoms with van der Waals surface area (Å²) in [7, 11) is 1.61. The Balaban J connectivity index is 1.88. The molecule has 0 saturated heterocycles. The van der Waals surface area contributed by atoms with Crippen LogP contribution in [0.3, 0.4) is 0 Å². The van der Waals surface area contributed by atoms with Gasteiger partial charge in [-0.05, 0) is 0 Å². The first-order valence-corrected chi connectivity index (χ1v) is 13.7. The monoisotopic (exact) mass is 544 g/mol. The molecule has 6 heteroatoms. The molecule has 1 atom stereocenters. The standard InChI is InChI=1S/C29H36O5Se/c1-8-32-27(30)22-11-9-21(10-12-22)13-16-35-26-18-24-23(28(3,4)14-15-29(24,5)6)17-25(26)34-19-33-20(2)31-7/h9-12,17-18,20H,8,14-15,19H2,1-7H3. The molecule has 0 spiro atoms. The van der Waals surface area contributed by atoms with E-state index in [9.17, 15) is 4.79 Å². The van der Waals surface area contributed by atoms with Gasteiger partial charge in [0, 0.05) is 0 Å². The van der Waals surface area contributed by atoms with Crippen LogP contribution in [0.25, 0.3) is 0 Å². The second kappa shape index (κ2) is 11.6. The Morgan fingerprint density at radius 2 is 1.69 bits per heavy atom. The van der Waals surface area contributed by atoms with Crippen molar-refractivity contribution in [3.05, 3.63) is 58.7 Å². The van der Waals surface area contributed by atoms with E-state index in [0.29, 0.717) is 12.2 Å². The fraction of sp³-hybridized carbons (Fsp3) is 0.483. The van der Waals surface area contributed by atoms with Crippen molar-refractivity contribution >= 4 is 25.4 Å². The van der Waals surface area contributed by atoms with E-state index in [0.717, 1.165) is 28.6 Å². The summed E-state index contributed by atoms with van der Waals surface area (Å²) < 4.78 is 23.0.